The van der Waals surface area contributed by atoms with Crippen LogP contribution in [-0.2, 0) is 0 Å². The highest BCUT2D eigenvalue weighted by atomic mass is 15.4. The van der Waals surface area contributed by atoms with Gasteiger partial charge in [0.05, 0.1) is 23.3 Å². The number of fused-ring (bicyclic) bond motifs is 1. The SMILES string of the molecule is Cc1cc(C)c(N2c3ccccc3N(c3c(C)cccc3C)[C@H]2C)cn1. The lowest BCUT2D eigenvalue weighted by Gasteiger charge is -2.32. The lowest BCUT2D eigenvalue weighted by Crippen LogP contribution is -2.36. The first-order chi connectivity index (χ1) is 12.5. The molecule has 4 rings (SSSR count). The minimum Gasteiger partial charge on any atom is -0.318 e. The Balaban J connectivity index is 1.92. The van der Waals surface area contributed by atoms with Crippen molar-refractivity contribution < 1.29 is 0 Å². The Kier molecular flexibility index (Phi) is 3.95. The van der Waals surface area contributed by atoms with E-state index in [4.69, 9.17) is 0 Å². The zero-order valence-corrected chi connectivity index (χ0v) is 16.1. The summed E-state index contributed by atoms with van der Waals surface area (Å²) in [5.74, 6) is 0. The normalized spacial score (nSPS) is 16.1. The summed E-state index contributed by atoms with van der Waals surface area (Å²) in [6.07, 6.45) is 2.18. The van der Waals surface area contributed by atoms with E-state index >= 15 is 0 Å². The molecule has 1 atom stereocenters. The average molecular weight is 343 g/mol. The number of anilines is 4. The third-order valence-corrected chi connectivity index (χ3v) is 5.31. The van der Waals surface area contributed by atoms with Crippen molar-refractivity contribution >= 4 is 22.7 Å². The van der Waals surface area contributed by atoms with Crippen LogP contribution < -0.4 is 9.80 Å². The molecule has 1 aliphatic rings. The maximum absolute atomic E-state index is 4.56. The zero-order valence-electron chi connectivity index (χ0n) is 16.1. The maximum Gasteiger partial charge on any atom is 0.108 e. The van der Waals surface area contributed by atoms with E-state index in [2.05, 4.69) is 91.0 Å². The molecule has 3 aromatic rings. The van der Waals surface area contributed by atoms with E-state index in [1.54, 1.807) is 0 Å². The molecule has 26 heavy (non-hydrogen) atoms. The van der Waals surface area contributed by atoms with Crippen molar-refractivity contribution in [2.24, 2.45) is 0 Å². The van der Waals surface area contributed by atoms with Gasteiger partial charge in [0.1, 0.15) is 6.17 Å². The molecule has 0 saturated heterocycles. The molecule has 0 bridgehead atoms. The molecule has 0 unspecified atom stereocenters. The Morgan fingerprint density at radius 1 is 0.731 bits per heavy atom. The molecule has 0 N–H and O–H groups in total. The quantitative estimate of drug-likeness (QED) is 0.573. The molecule has 0 aliphatic carbocycles. The number of pyridine rings is 1. The van der Waals surface area contributed by atoms with Crippen molar-refractivity contribution in [3.05, 3.63) is 77.1 Å². The Hall–Kier alpha value is -2.81. The predicted molar refractivity (Wildman–Crippen MR) is 110 cm³/mol. The van der Waals surface area contributed by atoms with Crippen molar-refractivity contribution in [2.45, 2.75) is 40.8 Å². The summed E-state index contributed by atoms with van der Waals surface area (Å²) in [4.78, 5) is 9.43. The highest BCUT2D eigenvalue weighted by molar-refractivity contribution is 5.89. The summed E-state index contributed by atoms with van der Waals surface area (Å²) in [7, 11) is 0. The Bertz CT molecular complexity index is 957. The van der Waals surface area contributed by atoms with Gasteiger partial charge in [0.15, 0.2) is 0 Å². The van der Waals surface area contributed by atoms with E-state index in [0.717, 1.165) is 5.69 Å². The molecule has 3 heteroatoms. The molecule has 2 heterocycles. The Morgan fingerprint density at radius 3 is 1.96 bits per heavy atom. The van der Waals surface area contributed by atoms with E-state index in [1.165, 1.54) is 39.4 Å². The second-order valence-electron chi connectivity index (χ2n) is 7.21. The summed E-state index contributed by atoms with van der Waals surface area (Å²) in [5, 5.41) is 0. The van der Waals surface area contributed by atoms with Gasteiger partial charge in [0.25, 0.3) is 0 Å². The summed E-state index contributed by atoms with van der Waals surface area (Å²) in [6.45, 7) is 10.9. The minimum absolute atomic E-state index is 0.176. The van der Waals surface area contributed by atoms with Crippen LogP contribution in [0.1, 0.15) is 29.3 Å². The van der Waals surface area contributed by atoms with Crippen molar-refractivity contribution in [3.63, 3.8) is 0 Å². The van der Waals surface area contributed by atoms with Crippen LogP contribution in [0.5, 0.6) is 0 Å². The molecular formula is C23H25N3. The fraction of sp³-hybridized carbons (Fsp3) is 0.261. The summed E-state index contributed by atoms with van der Waals surface area (Å²) >= 11 is 0. The number of nitrogens with zero attached hydrogens (tertiary/aromatic N) is 3. The topological polar surface area (TPSA) is 19.4 Å². The van der Waals surface area contributed by atoms with Crippen molar-refractivity contribution in [3.8, 4) is 0 Å². The first-order valence-corrected chi connectivity index (χ1v) is 9.16. The first kappa shape index (κ1) is 16.6. The Morgan fingerprint density at radius 2 is 1.35 bits per heavy atom. The van der Waals surface area contributed by atoms with Gasteiger partial charge in [0, 0.05) is 11.4 Å². The second kappa shape index (κ2) is 6.17. The third kappa shape index (κ3) is 2.47. The predicted octanol–water partition coefficient (Wildman–Crippen LogP) is 5.95. The van der Waals surface area contributed by atoms with Crippen LogP contribution in [0.4, 0.5) is 22.7 Å². The number of hydrogen-bond acceptors (Lipinski definition) is 3. The zero-order chi connectivity index (χ0) is 18.4. The molecule has 1 aromatic heterocycles. The van der Waals surface area contributed by atoms with Crippen LogP contribution in [0.3, 0.4) is 0 Å². The van der Waals surface area contributed by atoms with Crippen molar-refractivity contribution in [1.82, 2.24) is 4.98 Å². The highest BCUT2D eigenvalue weighted by Crippen LogP contribution is 2.49. The fourth-order valence-electron chi connectivity index (χ4n) is 4.16. The van der Waals surface area contributed by atoms with Gasteiger partial charge in [-0.3, -0.25) is 4.98 Å². The van der Waals surface area contributed by atoms with Gasteiger partial charge in [-0.25, -0.2) is 0 Å². The molecular weight excluding hydrogens is 318 g/mol. The van der Waals surface area contributed by atoms with Crippen LogP contribution >= 0.6 is 0 Å². The Labute approximate surface area is 155 Å². The smallest absolute Gasteiger partial charge is 0.108 e. The van der Waals surface area contributed by atoms with E-state index in [-0.39, 0.29) is 6.17 Å². The summed E-state index contributed by atoms with van der Waals surface area (Å²) < 4.78 is 0. The standard InChI is InChI=1S/C23H25N3/c1-15-9-8-10-16(2)23(15)26-19(5)25(20-11-6-7-12-21(20)26)22-14-24-18(4)13-17(22)3/h6-14,19H,1-5H3/t19-/m0/s1. The number of benzene rings is 2. The molecule has 0 radical (unpaired) electrons. The number of para-hydroxylation sites is 3. The van der Waals surface area contributed by atoms with E-state index < -0.39 is 0 Å². The van der Waals surface area contributed by atoms with Crippen LogP contribution in [0.25, 0.3) is 0 Å². The van der Waals surface area contributed by atoms with Gasteiger partial charge in [-0.1, -0.05) is 30.3 Å². The van der Waals surface area contributed by atoms with Crippen LogP contribution in [0.2, 0.25) is 0 Å². The molecule has 0 amide bonds. The number of hydrogen-bond donors (Lipinski definition) is 0. The third-order valence-electron chi connectivity index (χ3n) is 5.31. The van der Waals surface area contributed by atoms with Crippen LogP contribution in [-0.4, -0.2) is 11.1 Å². The lowest BCUT2D eigenvalue weighted by molar-refractivity contribution is 0.754. The van der Waals surface area contributed by atoms with Crippen LogP contribution in [0, 0.1) is 27.7 Å². The lowest BCUT2D eigenvalue weighted by atomic mass is 10.1. The van der Waals surface area contributed by atoms with Crippen molar-refractivity contribution in [2.75, 3.05) is 9.80 Å². The van der Waals surface area contributed by atoms with Gasteiger partial charge in [-0.15, -0.1) is 0 Å². The summed E-state index contributed by atoms with van der Waals surface area (Å²) in [6, 6.07) is 17.3. The average Bonchev–Trinajstić information content (AvgIpc) is 2.88. The van der Waals surface area contributed by atoms with Crippen LogP contribution in [0.15, 0.2) is 54.7 Å². The number of aromatic nitrogens is 1. The molecule has 0 spiro atoms. The van der Waals surface area contributed by atoms with E-state index in [1.807, 2.05) is 13.1 Å². The number of rotatable bonds is 2. The first-order valence-electron chi connectivity index (χ1n) is 9.16. The van der Waals surface area contributed by atoms with Crippen molar-refractivity contribution in [1.29, 1.82) is 0 Å². The fourth-order valence-corrected chi connectivity index (χ4v) is 4.16. The van der Waals surface area contributed by atoms with Gasteiger partial charge in [0.2, 0.25) is 0 Å². The highest BCUT2D eigenvalue weighted by Gasteiger charge is 2.36. The van der Waals surface area contributed by atoms with E-state index in [0.29, 0.717) is 0 Å². The largest absolute Gasteiger partial charge is 0.318 e. The van der Waals surface area contributed by atoms with Gasteiger partial charge in [-0.2, -0.15) is 0 Å². The summed E-state index contributed by atoms with van der Waals surface area (Å²) in [5.41, 5.74) is 9.85. The van der Waals surface area contributed by atoms with Gasteiger partial charge < -0.3 is 9.80 Å². The molecule has 1 aliphatic heterocycles. The number of aryl methyl sites for hydroxylation is 4. The maximum atomic E-state index is 4.56. The monoisotopic (exact) mass is 343 g/mol. The van der Waals surface area contributed by atoms with Gasteiger partial charge in [-0.05, 0) is 69.5 Å². The van der Waals surface area contributed by atoms with E-state index in [9.17, 15) is 0 Å². The molecule has 132 valence electrons. The molecule has 2 aromatic carbocycles. The second-order valence-corrected chi connectivity index (χ2v) is 7.21. The minimum atomic E-state index is 0.176. The molecule has 0 fully saturated rings. The molecule has 3 nitrogen and oxygen atoms in total. The van der Waals surface area contributed by atoms with Gasteiger partial charge >= 0.3 is 0 Å². The molecule has 0 saturated carbocycles.